The first-order valence-corrected chi connectivity index (χ1v) is 10.5. The molecular weight excluding hydrogens is 327 g/mol. The second kappa shape index (κ2) is 5.56. The third-order valence-corrected chi connectivity index (χ3v) is 10.0. The molecule has 25 heavy (non-hydrogen) atoms. The molecule has 1 nitrogen and oxygen atoms in total. The first kappa shape index (κ1) is 16.1. The van der Waals surface area contributed by atoms with Gasteiger partial charge in [-0.25, -0.2) is 4.39 Å². The van der Waals surface area contributed by atoms with Crippen molar-refractivity contribution in [1.29, 1.82) is 0 Å². The molecule has 0 fully saturated rings. The van der Waals surface area contributed by atoms with Gasteiger partial charge in [0.15, 0.2) is 0 Å². The van der Waals surface area contributed by atoms with Gasteiger partial charge in [-0.05, 0) is 33.1 Å². The minimum absolute atomic E-state index is 0.103. The largest absolute Gasteiger partial charge is 0.533 e. The summed E-state index contributed by atoms with van der Waals surface area (Å²) in [5.74, 6) is 0.396. The van der Waals surface area contributed by atoms with Gasteiger partial charge in [0, 0.05) is 11.6 Å². The van der Waals surface area contributed by atoms with E-state index in [1.807, 2.05) is 18.2 Å². The lowest BCUT2D eigenvalue weighted by Crippen LogP contribution is -2.70. The van der Waals surface area contributed by atoms with Gasteiger partial charge in [-0.15, -0.1) is 0 Å². The Balaban J connectivity index is 2.10. The van der Waals surface area contributed by atoms with Crippen LogP contribution in [0.25, 0.3) is 11.1 Å². The molecule has 0 saturated heterocycles. The molecule has 1 unspecified atom stereocenters. The van der Waals surface area contributed by atoms with Gasteiger partial charge in [0.2, 0.25) is 0 Å². The third kappa shape index (κ3) is 2.34. The Labute approximate surface area is 149 Å². The molecule has 1 atom stereocenters. The fourth-order valence-corrected chi connectivity index (χ4v) is 8.53. The minimum Gasteiger partial charge on any atom is -0.533 e. The molecule has 0 bridgehead atoms. The number of benzene rings is 3. The molecule has 4 rings (SSSR count). The highest BCUT2D eigenvalue weighted by Crippen LogP contribution is 2.45. The maximum atomic E-state index is 14.0. The molecular formula is C22H21FOSi. The lowest BCUT2D eigenvalue weighted by Gasteiger charge is -2.46. The van der Waals surface area contributed by atoms with Crippen molar-refractivity contribution in [1.82, 2.24) is 0 Å². The predicted molar refractivity (Wildman–Crippen MR) is 104 cm³/mol. The fourth-order valence-electron chi connectivity index (χ4n) is 3.93. The molecule has 0 spiro atoms. The van der Waals surface area contributed by atoms with Crippen LogP contribution in [-0.2, 0) is 0 Å². The molecule has 3 aromatic carbocycles. The molecule has 0 radical (unpaired) electrons. The van der Waals surface area contributed by atoms with Crippen molar-refractivity contribution in [3.05, 3.63) is 78.6 Å². The average molecular weight is 348 g/mol. The van der Waals surface area contributed by atoms with Crippen molar-refractivity contribution < 1.29 is 8.82 Å². The highest BCUT2D eigenvalue weighted by molar-refractivity contribution is 7.01. The van der Waals surface area contributed by atoms with Crippen LogP contribution >= 0.6 is 0 Å². The Morgan fingerprint density at radius 3 is 2.20 bits per heavy atom. The van der Waals surface area contributed by atoms with E-state index in [9.17, 15) is 4.39 Å². The van der Waals surface area contributed by atoms with E-state index in [0.29, 0.717) is 5.75 Å². The van der Waals surface area contributed by atoms with Crippen molar-refractivity contribution in [3.8, 4) is 16.9 Å². The zero-order chi connectivity index (χ0) is 17.7. The SMILES string of the molecule is CC(C)(C)[Si]1(c2ccccc2)Oc2cc(F)ccc2-c2ccccc21. The summed E-state index contributed by atoms with van der Waals surface area (Å²) >= 11 is 0. The maximum Gasteiger partial charge on any atom is 0.320 e. The zero-order valence-corrected chi connectivity index (χ0v) is 15.7. The molecule has 0 aliphatic carbocycles. The van der Waals surface area contributed by atoms with Gasteiger partial charge < -0.3 is 4.43 Å². The standard InChI is InChI=1S/C22H21FOSi/c1-22(2,3)25(17-9-5-4-6-10-17)21-12-8-7-11-19(21)18-14-13-16(23)15-20(18)24-25/h4-15H,1-3H3. The molecule has 1 aliphatic heterocycles. The van der Waals surface area contributed by atoms with E-state index in [2.05, 4.69) is 63.2 Å². The van der Waals surface area contributed by atoms with E-state index in [0.717, 1.165) is 11.1 Å². The average Bonchev–Trinajstić information content (AvgIpc) is 2.60. The van der Waals surface area contributed by atoms with Gasteiger partial charge in [-0.1, -0.05) is 75.4 Å². The molecule has 0 N–H and O–H groups in total. The number of halogens is 1. The van der Waals surface area contributed by atoms with Gasteiger partial charge in [-0.2, -0.15) is 0 Å². The Kier molecular flexibility index (Phi) is 3.58. The van der Waals surface area contributed by atoms with E-state index in [1.54, 1.807) is 0 Å². The summed E-state index contributed by atoms with van der Waals surface area (Å²) in [7, 11) is -2.62. The van der Waals surface area contributed by atoms with Crippen LogP contribution in [-0.4, -0.2) is 8.32 Å². The van der Waals surface area contributed by atoms with Crippen LogP contribution in [0.15, 0.2) is 72.8 Å². The first-order chi connectivity index (χ1) is 11.9. The number of rotatable bonds is 1. The van der Waals surface area contributed by atoms with Gasteiger partial charge in [-0.3, -0.25) is 0 Å². The number of fused-ring (bicyclic) bond motifs is 3. The van der Waals surface area contributed by atoms with Crippen molar-refractivity contribution >= 4 is 18.7 Å². The lowest BCUT2D eigenvalue weighted by molar-refractivity contribution is 0.500. The monoisotopic (exact) mass is 348 g/mol. The summed E-state index contributed by atoms with van der Waals surface area (Å²) in [4.78, 5) is 0. The molecule has 3 heteroatoms. The topological polar surface area (TPSA) is 9.23 Å². The van der Waals surface area contributed by atoms with Crippen molar-refractivity contribution in [2.45, 2.75) is 25.8 Å². The molecule has 3 aromatic rings. The predicted octanol–water partition coefficient (Wildman–Crippen LogP) is 4.74. The van der Waals surface area contributed by atoms with E-state index >= 15 is 0 Å². The van der Waals surface area contributed by atoms with Gasteiger partial charge >= 0.3 is 8.32 Å². The Hall–Kier alpha value is -2.39. The summed E-state index contributed by atoms with van der Waals surface area (Å²) in [5.41, 5.74) is 2.13. The normalized spacial score (nSPS) is 18.9. The van der Waals surface area contributed by atoms with Crippen LogP contribution in [0.1, 0.15) is 20.8 Å². The number of hydrogen-bond acceptors (Lipinski definition) is 1. The summed E-state index contributed by atoms with van der Waals surface area (Å²) in [6.07, 6.45) is 0. The molecule has 126 valence electrons. The van der Waals surface area contributed by atoms with E-state index in [4.69, 9.17) is 4.43 Å². The second-order valence-electron chi connectivity index (χ2n) is 7.59. The zero-order valence-electron chi connectivity index (χ0n) is 14.7. The van der Waals surface area contributed by atoms with Crippen molar-refractivity contribution in [3.63, 3.8) is 0 Å². The summed E-state index contributed by atoms with van der Waals surface area (Å²) < 4.78 is 20.7. The van der Waals surface area contributed by atoms with Crippen LogP contribution in [0.3, 0.4) is 0 Å². The van der Waals surface area contributed by atoms with E-state index in [1.165, 1.54) is 22.5 Å². The molecule has 1 aliphatic rings. The summed E-state index contributed by atoms with van der Waals surface area (Å²) in [6, 6.07) is 23.7. The molecule has 0 saturated carbocycles. The minimum atomic E-state index is -2.62. The van der Waals surface area contributed by atoms with Crippen LogP contribution in [0.2, 0.25) is 5.04 Å². The molecule has 0 amide bonds. The Morgan fingerprint density at radius 2 is 1.48 bits per heavy atom. The first-order valence-electron chi connectivity index (χ1n) is 8.57. The highest BCUT2D eigenvalue weighted by atomic mass is 28.4. The van der Waals surface area contributed by atoms with Crippen LogP contribution < -0.4 is 14.8 Å². The van der Waals surface area contributed by atoms with Crippen molar-refractivity contribution in [2.24, 2.45) is 0 Å². The summed E-state index contributed by atoms with van der Waals surface area (Å²) in [6.45, 7) is 6.69. The smallest absolute Gasteiger partial charge is 0.320 e. The maximum absolute atomic E-state index is 14.0. The molecule has 0 aromatic heterocycles. The van der Waals surface area contributed by atoms with Crippen LogP contribution in [0, 0.1) is 5.82 Å². The Morgan fingerprint density at radius 1 is 0.800 bits per heavy atom. The summed E-state index contributed by atoms with van der Waals surface area (Å²) in [5, 5.41) is 2.37. The van der Waals surface area contributed by atoms with Crippen LogP contribution in [0.5, 0.6) is 5.75 Å². The van der Waals surface area contributed by atoms with Gasteiger partial charge in [0.1, 0.15) is 11.6 Å². The Bertz CT molecular complexity index is 930. The van der Waals surface area contributed by atoms with Gasteiger partial charge in [0.25, 0.3) is 0 Å². The number of hydrogen-bond donors (Lipinski definition) is 0. The van der Waals surface area contributed by atoms with Crippen molar-refractivity contribution in [2.75, 3.05) is 0 Å². The fraction of sp³-hybridized carbons (Fsp3) is 0.182. The lowest BCUT2D eigenvalue weighted by atomic mass is 10.0. The molecule has 1 heterocycles. The van der Waals surface area contributed by atoms with Gasteiger partial charge in [0.05, 0.1) is 0 Å². The quantitative estimate of drug-likeness (QED) is 0.577. The highest BCUT2D eigenvalue weighted by Gasteiger charge is 2.55. The van der Waals surface area contributed by atoms with E-state index < -0.39 is 8.32 Å². The second-order valence-corrected chi connectivity index (χ2v) is 11.8. The third-order valence-electron chi connectivity index (χ3n) is 5.04. The van der Waals surface area contributed by atoms with Crippen LogP contribution in [0.4, 0.5) is 4.39 Å². The van der Waals surface area contributed by atoms with E-state index in [-0.39, 0.29) is 10.9 Å².